The summed E-state index contributed by atoms with van der Waals surface area (Å²) in [6.45, 7) is 0.497. The first-order valence-electron chi connectivity index (χ1n) is 15.7. The van der Waals surface area contributed by atoms with Crippen molar-refractivity contribution in [2.75, 3.05) is 13.7 Å². The second-order valence-corrected chi connectivity index (χ2v) is 12.7. The number of aromatic hydroxyl groups is 2. The van der Waals surface area contributed by atoms with Crippen molar-refractivity contribution in [3.05, 3.63) is 81.4 Å². The summed E-state index contributed by atoms with van der Waals surface area (Å²) in [5, 5.41) is 58.1. The molecule has 3 aliphatic rings. The molecule has 0 saturated carbocycles. The van der Waals surface area contributed by atoms with E-state index in [0.29, 0.717) is 0 Å². The molecule has 9 N–H and O–H groups in total. The summed E-state index contributed by atoms with van der Waals surface area (Å²) in [5.74, 6) is -4.36. The number of aliphatic hydroxyl groups excluding tert-OH is 2. The van der Waals surface area contributed by atoms with Gasteiger partial charge in [0.25, 0.3) is 0 Å². The number of Topliss-reactive ketones (excluding diaryl/α,β-unsaturated/α-hetero) is 1. The summed E-state index contributed by atoms with van der Waals surface area (Å²) >= 11 is 0. The van der Waals surface area contributed by atoms with Crippen molar-refractivity contribution in [3.8, 4) is 17.2 Å². The Morgan fingerprint density at radius 2 is 1.73 bits per heavy atom. The van der Waals surface area contributed by atoms with Crippen LogP contribution in [0.2, 0.25) is 0 Å². The molecule has 3 aromatic carbocycles. The second kappa shape index (κ2) is 13.0. The van der Waals surface area contributed by atoms with Gasteiger partial charge < -0.3 is 50.8 Å². The maximum absolute atomic E-state index is 13.9. The highest BCUT2D eigenvalue weighted by molar-refractivity contribution is 6.31. The van der Waals surface area contributed by atoms with Crippen LogP contribution < -0.4 is 15.8 Å². The molecular formula is C35H37N2O12+. The number of carbonyl (C=O) groups is 4. The average Bonchev–Trinajstić information content (AvgIpc) is 3.07. The number of carbonyl (C=O) groups excluding carboxylic acids is 4. The molecule has 0 aromatic heterocycles. The number of phenols is 2. The predicted molar refractivity (Wildman–Crippen MR) is 168 cm³/mol. The normalized spacial score (nSPS) is 26.0. The molecule has 14 heteroatoms. The van der Waals surface area contributed by atoms with E-state index in [4.69, 9.17) is 14.2 Å². The van der Waals surface area contributed by atoms with Crippen molar-refractivity contribution in [3.63, 3.8) is 0 Å². The topological polar surface area (TPSA) is 237 Å². The first kappa shape index (κ1) is 34.2. The molecule has 1 amide bonds. The maximum Gasteiger partial charge on any atom is 0.224 e. The Balaban J connectivity index is 1.36. The van der Waals surface area contributed by atoms with Gasteiger partial charge in [0.05, 0.1) is 48.5 Å². The third-order valence-electron chi connectivity index (χ3n) is 9.49. The first-order chi connectivity index (χ1) is 23.3. The number of methoxy groups -OCH3 is 1. The zero-order chi connectivity index (χ0) is 35.4. The maximum atomic E-state index is 13.9. The fraction of sp³-hybridized carbons (Fsp3) is 0.371. The molecule has 2 aliphatic carbocycles. The highest BCUT2D eigenvalue weighted by Crippen LogP contribution is 2.52. The predicted octanol–water partition coefficient (Wildman–Crippen LogP) is 0.275. The number of rotatable bonds is 8. The van der Waals surface area contributed by atoms with E-state index in [2.05, 4.69) is 11.1 Å². The summed E-state index contributed by atoms with van der Waals surface area (Å²) < 4.78 is 17.4. The number of amides is 1. The van der Waals surface area contributed by atoms with E-state index in [-0.39, 0.29) is 46.8 Å². The van der Waals surface area contributed by atoms with Gasteiger partial charge >= 0.3 is 0 Å². The summed E-state index contributed by atoms with van der Waals surface area (Å²) in [6.07, 6.45) is -5.88. The Morgan fingerprint density at radius 1 is 1.04 bits per heavy atom. The van der Waals surface area contributed by atoms with Gasteiger partial charge in [-0.15, -0.1) is 0 Å². The second-order valence-electron chi connectivity index (χ2n) is 12.7. The van der Waals surface area contributed by atoms with Crippen LogP contribution >= 0.6 is 0 Å². The van der Waals surface area contributed by atoms with Crippen LogP contribution in [0.25, 0.3) is 0 Å². The van der Waals surface area contributed by atoms with Gasteiger partial charge in [0.1, 0.15) is 41.2 Å². The fourth-order valence-electron chi connectivity index (χ4n) is 6.96. The van der Waals surface area contributed by atoms with E-state index in [1.54, 1.807) is 31.2 Å². The molecule has 0 radical (unpaired) electrons. The Hall–Kier alpha value is -4.70. The van der Waals surface area contributed by atoms with Crippen LogP contribution in [0, 0.1) is 0 Å². The number of quaternary nitrogens is 1. The Bertz CT molecular complexity index is 1860. The highest BCUT2D eigenvalue weighted by atomic mass is 16.7. The molecule has 49 heavy (non-hydrogen) atoms. The van der Waals surface area contributed by atoms with E-state index in [9.17, 15) is 44.7 Å². The lowest BCUT2D eigenvalue weighted by atomic mass is 9.72. The largest absolute Gasteiger partial charge is 0.507 e. The molecule has 258 valence electrons. The van der Waals surface area contributed by atoms with Gasteiger partial charge in [-0.1, -0.05) is 24.3 Å². The molecule has 0 bridgehead atoms. The van der Waals surface area contributed by atoms with Crippen molar-refractivity contribution in [1.29, 1.82) is 0 Å². The minimum absolute atomic E-state index is 0.0233. The van der Waals surface area contributed by atoms with E-state index < -0.39 is 95.7 Å². The number of phenolic OH excluding ortho intramolecular Hbond substituents is 2. The van der Waals surface area contributed by atoms with Crippen LogP contribution in [0.3, 0.4) is 0 Å². The highest BCUT2D eigenvalue weighted by Gasteiger charge is 2.50. The van der Waals surface area contributed by atoms with Gasteiger partial charge in [-0.25, -0.2) is 0 Å². The number of benzene rings is 3. The Morgan fingerprint density at radius 3 is 2.41 bits per heavy atom. The quantitative estimate of drug-likeness (QED) is 0.125. The number of aliphatic hydroxyl groups is 3. The molecule has 0 spiro atoms. The number of ketones is 3. The van der Waals surface area contributed by atoms with Gasteiger partial charge in [0.2, 0.25) is 11.7 Å². The lowest BCUT2D eigenvalue weighted by molar-refractivity contribution is -0.254. The Kier molecular flexibility index (Phi) is 9.04. The molecule has 3 aromatic rings. The molecule has 1 aliphatic heterocycles. The van der Waals surface area contributed by atoms with Crippen LogP contribution in [-0.2, 0) is 31.9 Å². The summed E-state index contributed by atoms with van der Waals surface area (Å²) in [6, 6.07) is 10.5. The number of ether oxygens (including phenoxy) is 3. The minimum Gasteiger partial charge on any atom is -0.507 e. The standard InChI is InChI=1S/C35H36N2O12/c1-15-30(41)20(37-24(40)10-16-6-8-17(36)9-7-16)11-25(48-15)49-22-13-35(46,23(39)14-38)12-19-27(22)34(45)29-28(32(19)43)31(42)18-4-3-5-21(47-2)26(18)33(29)44/h3-9,15,20,22,25,30,38,41,43,45-46H,10-14,36H2,1-2H3,(H,37,40)/p+1/t15-,20-,22-,25-,30+,35-/m0/s1. The molecule has 1 heterocycles. The number of hydrogen-bond acceptors (Lipinski definition) is 12. The van der Waals surface area contributed by atoms with E-state index >= 15 is 0 Å². The van der Waals surface area contributed by atoms with Crippen LogP contribution in [0.15, 0.2) is 42.5 Å². The molecule has 1 fully saturated rings. The zero-order valence-corrected chi connectivity index (χ0v) is 26.8. The SMILES string of the molecule is COc1cccc2c1C(=O)c1c(O)c3c(c(O)c1C2=O)C[C@@](O)(C(=O)CO)C[C@@H]3O[C@H]1C[C@H](NC(=O)Cc2ccc([NH3+])cc2)[C@H](O)[C@H](C)O1. The van der Waals surface area contributed by atoms with Gasteiger partial charge in [-0.3, -0.25) is 19.2 Å². The molecule has 6 atom stereocenters. The van der Waals surface area contributed by atoms with Crippen molar-refractivity contribution < 1.29 is 64.7 Å². The van der Waals surface area contributed by atoms with Gasteiger partial charge in [0, 0.05) is 36.0 Å². The van der Waals surface area contributed by atoms with Gasteiger partial charge in [-0.05, 0) is 30.7 Å². The van der Waals surface area contributed by atoms with Crippen molar-refractivity contribution in [2.24, 2.45) is 0 Å². The molecule has 6 rings (SSSR count). The smallest absolute Gasteiger partial charge is 0.224 e. The lowest BCUT2D eigenvalue weighted by Gasteiger charge is -2.43. The van der Waals surface area contributed by atoms with Crippen molar-refractivity contribution in [2.45, 2.75) is 68.9 Å². The minimum atomic E-state index is -2.32. The molecule has 1 saturated heterocycles. The zero-order valence-electron chi connectivity index (χ0n) is 26.8. The number of fused-ring (bicyclic) bond motifs is 3. The third-order valence-corrected chi connectivity index (χ3v) is 9.49. The first-order valence-corrected chi connectivity index (χ1v) is 15.7. The average molecular weight is 678 g/mol. The molecular weight excluding hydrogens is 640 g/mol. The van der Waals surface area contributed by atoms with Crippen LogP contribution in [0.5, 0.6) is 17.2 Å². The monoisotopic (exact) mass is 677 g/mol. The van der Waals surface area contributed by atoms with Crippen molar-refractivity contribution >= 4 is 28.9 Å². The van der Waals surface area contributed by atoms with E-state index in [0.717, 1.165) is 11.3 Å². The molecule has 0 unspecified atom stereocenters. The van der Waals surface area contributed by atoms with Gasteiger partial charge in [-0.2, -0.15) is 0 Å². The number of hydrogen-bond donors (Lipinski definition) is 7. The summed E-state index contributed by atoms with van der Waals surface area (Å²) in [5.41, 5.74) is 1.42. The Labute approximate surface area is 280 Å². The summed E-state index contributed by atoms with van der Waals surface area (Å²) in [4.78, 5) is 53.4. The molecule has 14 nitrogen and oxygen atoms in total. The number of nitrogens with one attached hydrogen (secondary N) is 1. The van der Waals surface area contributed by atoms with Crippen molar-refractivity contribution in [1.82, 2.24) is 5.32 Å². The third kappa shape index (κ3) is 5.96. The van der Waals surface area contributed by atoms with E-state index in [1.807, 2.05) is 0 Å². The van der Waals surface area contributed by atoms with Crippen LogP contribution in [0.4, 0.5) is 5.69 Å². The lowest BCUT2D eigenvalue weighted by Crippen LogP contribution is -2.56. The van der Waals surface area contributed by atoms with Crippen LogP contribution in [-0.4, -0.2) is 92.6 Å². The fourth-order valence-corrected chi connectivity index (χ4v) is 6.96. The van der Waals surface area contributed by atoms with Gasteiger partial charge in [0.15, 0.2) is 17.9 Å². The van der Waals surface area contributed by atoms with E-state index in [1.165, 1.54) is 25.3 Å². The summed E-state index contributed by atoms with van der Waals surface area (Å²) in [7, 11) is 1.31. The van der Waals surface area contributed by atoms with Crippen LogP contribution in [0.1, 0.15) is 74.4 Å².